The number of rotatable bonds is 5. The molecule has 0 unspecified atom stereocenters. The van der Waals surface area contributed by atoms with Gasteiger partial charge < -0.3 is 24.9 Å². The minimum absolute atomic E-state index is 0.465. The normalized spacial score (nSPS) is 25.2. The molecule has 1 saturated heterocycles. The van der Waals surface area contributed by atoms with Crippen LogP contribution in [0, 0.1) is 0 Å². The number of hydrogen-bond donors (Lipinski definition) is 4. The average Bonchev–Trinajstić information content (AvgIpc) is 3.21. The second-order valence-corrected chi connectivity index (χ2v) is 6.87. The molecule has 4 rings (SSSR count). The van der Waals surface area contributed by atoms with Crippen molar-refractivity contribution >= 4 is 28.5 Å². The van der Waals surface area contributed by atoms with Gasteiger partial charge in [-0.25, -0.2) is 15.4 Å². The van der Waals surface area contributed by atoms with Crippen molar-refractivity contribution in [1.29, 1.82) is 0 Å². The third-order valence-corrected chi connectivity index (χ3v) is 4.97. The number of halogens is 1. The first-order chi connectivity index (χ1) is 13.1. The van der Waals surface area contributed by atoms with Crippen LogP contribution in [0.25, 0.3) is 11.0 Å². The molecular weight excluding hydrogens is 370 g/mol. The maximum Gasteiger partial charge on any atom is 0.164 e. The lowest BCUT2D eigenvalue weighted by atomic mass is 10.0. The molecule has 142 valence electrons. The number of benzene rings is 1. The van der Waals surface area contributed by atoms with Crippen molar-refractivity contribution in [2.24, 2.45) is 0 Å². The minimum Gasteiger partial charge on any atom is -0.388 e. The zero-order valence-corrected chi connectivity index (χ0v) is 15.3. The van der Waals surface area contributed by atoms with E-state index in [9.17, 15) is 10.2 Å². The molecule has 3 heterocycles. The van der Waals surface area contributed by atoms with Crippen LogP contribution >= 0.6 is 11.6 Å². The molecule has 0 aliphatic carbocycles. The highest BCUT2D eigenvalue weighted by atomic mass is 35.5. The van der Waals surface area contributed by atoms with E-state index in [0.717, 1.165) is 10.9 Å². The molecule has 1 aromatic carbocycles. The molecule has 0 amide bonds. The van der Waals surface area contributed by atoms with Gasteiger partial charge in [0.15, 0.2) is 12.0 Å². The molecule has 4 atom stereocenters. The Morgan fingerprint density at radius 3 is 2.67 bits per heavy atom. The van der Waals surface area contributed by atoms with E-state index in [1.54, 1.807) is 29.9 Å². The summed E-state index contributed by atoms with van der Waals surface area (Å²) in [6.07, 6.45) is 0.292. The first kappa shape index (κ1) is 18.1. The van der Waals surface area contributed by atoms with Crippen molar-refractivity contribution in [3.05, 3.63) is 53.4 Å². The predicted octanol–water partition coefficient (Wildman–Crippen LogP) is 1.49. The Kier molecular flexibility index (Phi) is 4.98. The fraction of sp³-hybridized carbons (Fsp3) is 0.333. The molecule has 1 aliphatic rings. The number of anilines is 1. The molecule has 0 radical (unpaired) electrons. The maximum atomic E-state index is 10.6. The molecular formula is C18H20ClN5O3. The summed E-state index contributed by atoms with van der Waals surface area (Å²) in [6.45, 7) is 0. The number of hydrazine groups is 1. The first-order valence-electron chi connectivity index (χ1n) is 8.59. The van der Waals surface area contributed by atoms with Gasteiger partial charge >= 0.3 is 0 Å². The van der Waals surface area contributed by atoms with Crippen molar-refractivity contribution < 1.29 is 14.9 Å². The summed E-state index contributed by atoms with van der Waals surface area (Å²) in [7, 11) is 1.74. The van der Waals surface area contributed by atoms with E-state index in [1.807, 2.05) is 18.2 Å². The molecule has 8 nitrogen and oxygen atoms in total. The SMILES string of the molecule is CNNc1ncnc2c1ccn2[C@@H]1O[C@H](Cc2ccc(Cl)cc2)[C@@H](O)[C@H]1O. The number of ether oxygens (including phenoxy) is 1. The molecule has 1 aliphatic heterocycles. The van der Waals surface area contributed by atoms with Crippen LogP contribution in [0.4, 0.5) is 5.82 Å². The number of hydrogen-bond acceptors (Lipinski definition) is 7. The van der Waals surface area contributed by atoms with Crippen molar-refractivity contribution in [2.75, 3.05) is 12.5 Å². The fourth-order valence-corrected chi connectivity index (χ4v) is 3.50. The van der Waals surface area contributed by atoms with Crippen LogP contribution in [0.15, 0.2) is 42.9 Å². The molecule has 4 N–H and O–H groups in total. The van der Waals surface area contributed by atoms with E-state index < -0.39 is 24.5 Å². The number of aliphatic hydroxyl groups is 2. The second kappa shape index (κ2) is 7.41. The topological polar surface area (TPSA) is 104 Å². The third kappa shape index (κ3) is 3.38. The summed E-state index contributed by atoms with van der Waals surface area (Å²) in [5.41, 5.74) is 7.34. The first-order valence-corrected chi connectivity index (χ1v) is 8.96. The highest BCUT2D eigenvalue weighted by Gasteiger charge is 2.44. The fourth-order valence-electron chi connectivity index (χ4n) is 3.37. The zero-order chi connectivity index (χ0) is 19.0. The van der Waals surface area contributed by atoms with Crippen LogP contribution < -0.4 is 10.9 Å². The molecule has 27 heavy (non-hydrogen) atoms. The second-order valence-electron chi connectivity index (χ2n) is 6.43. The summed E-state index contributed by atoms with van der Waals surface area (Å²) in [5.74, 6) is 0.618. The lowest BCUT2D eigenvalue weighted by molar-refractivity contribution is -0.0341. The largest absolute Gasteiger partial charge is 0.388 e. The van der Waals surface area contributed by atoms with Gasteiger partial charge in [-0.1, -0.05) is 23.7 Å². The predicted molar refractivity (Wildman–Crippen MR) is 101 cm³/mol. The Balaban J connectivity index is 1.60. The average molecular weight is 390 g/mol. The van der Waals surface area contributed by atoms with Gasteiger partial charge in [0, 0.05) is 24.7 Å². The van der Waals surface area contributed by atoms with Gasteiger partial charge in [-0.2, -0.15) is 0 Å². The number of fused-ring (bicyclic) bond motifs is 1. The third-order valence-electron chi connectivity index (χ3n) is 4.71. The summed E-state index contributed by atoms with van der Waals surface area (Å²) in [5, 5.41) is 22.5. The molecule has 2 aromatic heterocycles. The van der Waals surface area contributed by atoms with Crippen LogP contribution in [0.5, 0.6) is 0 Å². The standard InChI is InChI=1S/C18H20ClN5O3/c1-20-23-16-12-6-7-24(17(12)22-9-21-16)18-15(26)14(25)13(27-18)8-10-2-4-11(19)5-3-10/h2-7,9,13-15,18,20,25-26H,8H2,1H3,(H,21,22,23)/t13-,14-,15-,18-/m1/s1. The van der Waals surface area contributed by atoms with E-state index in [0.29, 0.717) is 22.9 Å². The van der Waals surface area contributed by atoms with Gasteiger partial charge in [-0.05, 0) is 23.8 Å². The number of nitrogens with zero attached hydrogens (tertiary/aromatic N) is 3. The molecule has 0 saturated carbocycles. The lowest BCUT2D eigenvalue weighted by Gasteiger charge is -2.17. The Hall–Kier alpha value is -2.23. The monoisotopic (exact) mass is 389 g/mol. The Morgan fingerprint density at radius 2 is 1.93 bits per heavy atom. The smallest absolute Gasteiger partial charge is 0.164 e. The van der Waals surface area contributed by atoms with E-state index in [-0.39, 0.29) is 0 Å². The van der Waals surface area contributed by atoms with Crippen molar-refractivity contribution in [3.8, 4) is 0 Å². The zero-order valence-electron chi connectivity index (χ0n) is 14.6. The highest BCUT2D eigenvalue weighted by molar-refractivity contribution is 6.30. The van der Waals surface area contributed by atoms with Crippen molar-refractivity contribution in [1.82, 2.24) is 20.0 Å². The van der Waals surface area contributed by atoms with E-state index in [4.69, 9.17) is 16.3 Å². The van der Waals surface area contributed by atoms with Crippen LogP contribution in [-0.4, -0.2) is 50.1 Å². The Bertz CT molecular complexity index is 932. The van der Waals surface area contributed by atoms with Gasteiger partial charge in [0.2, 0.25) is 0 Å². The van der Waals surface area contributed by atoms with Crippen LogP contribution in [-0.2, 0) is 11.2 Å². The molecule has 0 spiro atoms. The van der Waals surface area contributed by atoms with Gasteiger partial charge in [0.25, 0.3) is 0 Å². The minimum atomic E-state index is -1.08. The van der Waals surface area contributed by atoms with E-state index in [2.05, 4.69) is 20.8 Å². The van der Waals surface area contributed by atoms with Crippen molar-refractivity contribution in [3.63, 3.8) is 0 Å². The van der Waals surface area contributed by atoms with Gasteiger partial charge in [0.05, 0.1) is 11.5 Å². The van der Waals surface area contributed by atoms with Crippen LogP contribution in [0.1, 0.15) is 11.8 Å². The van der Waals surface area contributed by atoms with E-state index in [1.165, 1.54) is 6.33 Å². The molecule has 3 aromatic rings. The van der Waals surface area contributed by atoms with E-state index >= 15 is 0 Å². The molecule has 1 fully saturated rings. The van der Waals surface area contributed by atoms with Crippen molar-refractivity contribution in [2.45, 2.75) is 31.0 Å². The summed E-state index contributed by atoms with van der Waals surface area (Å²) >= 11 is 5.92. The van der Waals surface area contributed by atoms with Crippen LogP contribution in [0.2, 0.25) is 5.02 Å². The summed E-state index contributed by atoms with van der Waals surface area (Å²) in [4.78, 5) is 8.49. The molecule has 9 heteroatoms. The summed E-state index contributed by atoms with van der Waals surface area (Å²) in [6, 6.07) is 9.18. The summed E-state index contributed by atoms with van der Waals surface area (Å²) < 4.78 is 7.72. The maximum absolute atomic E-state index is 10.6. The Morgan fingerprint density at radius 1 is 1.15 bits per heavy atom. The van der Waals surface area contributed by atoms with Gasteiger partial charge in [-0.3, -0.25) is 0 Å². The quantitative estimate of drug-likeness (QED) is 0.490. The van der Waals surface area contributed by atoms with Gasteiger partial charge in [-0.15, -0.1) is 0 Å². The highest BCUT2D eigenvalue weighted by Crippen LogP contribution is 2.34. The number of aliphatic hydroxyl groups excluding tert-OH is 2. The van der Waals surface area contributed by atoms with Gasteiger partial charge in [0.1, 0.15) is 24.2 Å². The Labute approximate surface area is 160 Å². The van der Waals surface area contributed by atoms with Crippen LogP contribution in [0.3, 0.4) is 0 Å². The molecule has 0 bridgehead atoms. The number of nitrogens with one attached hydrogen (secondary N) is 2. The lowest BCUT2D eigenvalue weighted by Crippen LogP contribution is -2.32. The number of aromatic nitrogens is 3.